The predicted octanol–water partition coefficient (Wildman–Crippen LogP) is 3.65. The van der Waals surface area contributed by atoms with E-state index in [9.17, 15) is 14.4 Å². The molecule has 2 amide bonds. The lowest BCUT2D eigenvalue weighted by Gasteiger charge is -2.30. The molecule has 0 aliphatic carbocycles. The van der Waals surface area contributed by atoms with Gasteiger partial charge in [-0.1, -0.05) is 26.0 Å². The fourth-order valence-corrected chi connectivity index (χ4v) is 3.25. The van der Waals surface area contributed by atoms with Gasteiger partial charge in [-0.2, -0.15) is 0 Å². The van der Waals surface area contributed by atoms with Crippen LogP contribution < -0.4 is 19.7 Å². The fourth-order valence-electron chi connectivity index (χ4n) is 3.25. The minimum absolute atomic E-state index is 0.145. The summed E-state index contributed by atoms with van der Waals surface area (Å²) in [4.78, 5) is 38.9. The number of amides is 2. The van der Waals surface area contributed by atoms with E-state index in [2.05, 4.69) is 19.2 Å². The van der Waals surface area contributed by atoms with Gasteiger partial charge in [0.2, 0.25) is 5.91 Å². The summed E-state index contributed by atoms with van der Waals surface area (Å²) in [5.41, 5.74) is 1.33. The molecule has 2 aromatic rings. The summed E-state index contributed by atoms with van der Waals surface area (Å²) in [6.07, 6.45) is -0.195. The van der Waals surface area contributed by atoms with Crippen molar-refractivity contribution in [2.75, 3.05) is 30.5 Å². The molecule has 0 saturated carbocycles. The largest absolute Gasteiger partial charge is 0.493 e. The van der Waals surface area contributed by atoms with Crippen molar-refractivity contribution < 1.29 is 28.6 Å². The Balaban J connectivity index is 1.69. The van der Waals surface area contributed by atoms with E-state index >= 15 is 0 Å². The Morgan fingerprint density at radius 1 is 1.09 bits per heavy atom. The summed E-state index contributed by atoms with van der Waals surface area (Å²) in [5.74, 6) is -0.0250. The number of hydrogen-bond acceptors (Lipinski definition) is 6. The molecule has 0 radical (unpaired) electrons. The van der Waals surface area contributed by atoms with Crippen LogP contribution in [0.25, 0.3) is 0 Å². The van der Waals surface area contributed by atoms with Crippen LogP contribution in [-0.2, 0) is 14.3 Å². The lowest BCUT2D eigenvalue weighted by molar-refractivity contribution is -0.128. The van der Waals surface area contributed by atoms with E-state index in [-0.39, 0.29) is 18.0 Å². The second-order valence-corrected chi connectivity index (χ2v) is 7.93. The molecule has 0 bridgehead atoms. The van der Waals surface area contributed by atoms with Crippen molar-refractivity contribution in [3.8, 4) is 11.5 Å². The van der Waals surface area contributed by atoms with Crippen LogP contribution in [0.3, 0.4) is 0 Å². The van der Waals surface area contributed by atoms with Crippen LogP contribution in [0, 0.1) is 5.92 Å². The fraction of sp³-hybridized carbons (Fsp3) is 0.375. The Morgan fingerprint density at radius 2 is 1.84 bits per heavy atom. The van der Waals surface area contributed by atoms with Gasteiger partial charge in [-0.3, -0.25) is 14.5 Å². The summed E-state index contributed by atoms with van der Waals surface area (Å²) in [6.45, 7) is 6.09. The number of carbonyl (C=O) groups excluding carboxylic acids is 3. The number of nitrogens with zero attached hydrogens (tertiary/aromatic N) is 1. The zero-order valence-corrected chi connectivity index (χ0v) is 18.7. The molecular formula is C24H28N2O6. The average molecular weight is 440 g/mol. The Labute approximate surface area is 187 Å². The number of methoxy groups -OCH3 is 1. The molecule has 1 aliphatic rings. The van der Waals surface area contributed by atoms with Gasteiger partial charge in [0.1, 0.15) is 6.54 Å². The molecule has 0 spiro atoms. The Morgan fingerprint density at radius 3 is 2.56 bits per heavy atom. The zero-order valence-electron chi connectivity index (χ0n) is 18.7. The van der Waals surface area contributed by atoms with Crippen LogP contribution in [0.2, 0.25) is 0 Å². The van der Waals surface area contributed by atoms with Crippen molar-refractivity contribution >= 4 is 29.2 Å². The highest BCUT2D eigenvalue weighted by Crippen LogP contribution is 2.31. The van der Waals surface area contributed by atoms with Gasteiger partial charge in [-0.25, -0.2) is 4.79 Å². The summed E-state index contributed by atoms with van der Waals surface area (Å²) in [7, 11) is 1.49. The summed E-state index contributed by atoms with van der Waals surface area (Å²) in [6, 6.07) is 11.7. The molecule has 1 atom stereocenters. The number of anilines is 2. The summed E-state index contributed by atoms with van der Waals surface area (Å²) >= 11 is 0. The normalized spacial score (nSPS) is 13.8. The molecule has 170 valence electrons. The molecule has 0 fully saturated rings. The van der Waals surface area contributed by atoms with Crippen LogP contribution >= 0.6 is 0 Å². The molecule has 3 rings (SSSR count). The average Bonchev–Trinajstić information content (AvgIpc) is 2.77. The number of ether oxygens (including phenoxy) is 3. The highest BCUT2D eigenvalue weighted by atomic mass is 16.5. The summed E-state index contributed by atoms with van der Waals surface area (Å²) < 4.78 is 16.5. The molecule has 1 unspecified atom stereocenters. The number of esters is 1. The first-order valence-corrected chi connectivity index (χ1v) is 10.5. The minimum Gasteiger partial charge on any atom is -0.493 e. The van der Waals surface area contributed by atoms with Crippen molar-refractivity contribution in [2.24, 2.45) is 5.92 Å². The molecule has 0 saturated heterocycles. The van der Waals surface area contributed by atoms with Gasteiger partial charge >= 0.3 is 5.97 Å². The zero-order chi connectivity index (χ0) is 23.3. The second kappa shape index (κ2) is 10.2. The molecule has 8 heteroatoms. The van der Waals surface area contributed by atoms with Gasteiger partial charge in [0, 0.05) is 0 Å². The number of para-hydroxylation sites is 2. The van der Waals surface area contributed by atoms with Gasteiger partial charge < -0.3 is 19.5 Å². The Hall–Kier alpha value is -3.55. The Kier molecular flexibility index (Phi) is 7.35. The molecule has 32 heavy (non-hydrogen) atoms. The highest BCUT2D eigenvalue weighted by molar-refractivity contribution is 6.11. The third-order valence-corrected chi connectivity index (χ3v) is 5.02. The first kappa shape index (κ1) is 23.1. The highest BCUT2D eigenvalue weighted by Gasteiger charge is 2.31. The van der Waals surface area contributed by atoms with E-state index < -0.39 is 18.0 Å². The van der Waals surface area contributed by atoms with E-state index in [1.54, 1.807) is 36.4 Å². The SMILES string of the molecule is COc1cc(C(=O)OC(C)C(=O)N2CC(=O)Nc3ccccc32)ccc1OCCC(C)C. The molecule has 1 N–H and O–H groups in total. The van der Waals surface area contributed by atoms with Crippen molar-refractivity contribution in [3.63, 3.8) is 0 Å². The lowest BCUT2D eigenvalue weighted by Crippen LogP contribution is -2.47. The molecule has 1 heterocycles. The van der Waals surface area contributed by atoms with Gasteiger partial charge in [0.05, 0.1) is 30.7 Å². The third-order valence-electron chi connectivity index (χ3n) is 5.02. The van der Waals surface area contributed by atoms with E-state index in [0.717, 1.165) is 6.42 Å². The first-order chi connectivity index (χ1) is 15.3. The molecule has 2 aromatic carbocycles. The predicted molar refractivity (Wildman–Crippen MR) is 120 cm³/mol. The van der Waals surface area contributed by atoms with Crippen molar-refractivity contribution in [3.05, 3.63) is 48.0 Å². The minimum atomic E-state index is -1.09. The van der Waals surface area contributed by atoms with Crippen LogP contribution in [0.1, 0.15) is 37.6 Å². The van der Waals surface area contributed by atoms with E-state index in [4.69, 9.17) is 14.2 Å². The van der Waals surface area contributed by atoms with Gasteiger partial charge in [0.15, 0.2) is 17.6 Å². The molecule has 8 nitrogen and oxygen atoms in total. The van der Waals surface area contributed by atoms with E-state index in [1.807, 2.05) is 0 Å². The lowest BCUT2D eigenvalue weighted by atomic mass is 10.1. The third kappa shape index (κ3) is 5.38. The number of hydrogen-bond donors (Lipinski definition) is 1. The second-order valence-electron chi connectivity index (χ2n) is 7.93. The first-order valence-electron chi connectivity index (χ1n) is 10.5. The quantitative estimate of drug-likeness (QED) is 0.630. The van der Waals surface area contributed by atoms with E-state index in [0.29, 0.717) is 35.4 Å². The standard InChI is InChI=1S/C24H28N2O6/c1-15(2)11-12-31-20-10-9-17(13-21(20)30-4)24(29)32-16(3)23(28)26-14-22(27)25-18-7-5-6-8-19(18)26/h5-10,13,15-16H,11-12,14H2,1-4H3,(H,25,27). The van der Waals surface area contributed by atoms with E-state index in [1.165, 1.54) is 25.0 Å². The number of fused-ring (bicyclic) bond motifs is 1. The van der Waals surface area contributed by atoms with Crippen molar-refractivity contribution in [2.45, 2.75) is 33.3 Å². The van der Waals surface area contributed by atoms with Gasteiger partial charge in [0.25, 0.3) is 5.91 Å². The molecular weight excluding hydrogens is 412 g/mol. The maximum absolute atomic E-state index is 12.9. The van der Waals surface area contributed by atoms with Gasteiger partial charge in [-0.05, 0) is 49.6 Å². The van der Waals surface area contributed by atoms with Crippen LogP contribution in [0.4, 0.5) is 11.4 Å². The van der Waals surface area contributed by atoms with Crippen LogP contribution in [-0.4, -0.2) is 44.1 Å². The smallest absolute Gasteiger partial charge is 0.339 e. The Bertz CT molecular complexity index is 1000. The maximum atomic E-state index is 12.9. The monoisotopic (exact) mass is 440 g/mol. The van der Waals surface area contributed by atoms with Crippen LogP contribution in [0.5, 0.6) is 11.5 Å². The van der Waals surface area contributed by atoms with Gasteiger partial charge in [-0.15, -0.1) is 0 Å². The van der Waals surface area contributed by atoms with Crippen molar-refractivity contribution in [1.29, 1.82) is 0 Å². The van der Waals surface area contributed by atoms with Crippen LogP contribution in [0.15, 0.2) is 42.5 Å². The maximum Gasteiger partial charge on any atom is 0.339 e. The molecule has 0 aromatic heterocycles. The number of benzene rings is 2. The van der Waals surface area contributed by atoms with Crippen molar-refractivity contribution in [1.82, 2.24) is 0 Å². The molecule has 1 aliphatic heterocycles. The number of rotatable bonds is 8. The number of nitrogens with one attached hydrogen (secondary N) is 1. The topological polar surface area (TPSA) is 94.2 Å². The number of carbonyl (C=O) groups is 3. The summed E-state index contributed by atoms with van der Waals surface area (Å²) in [5, 5.41) is 2.72.